The number of fused-ring (bicyclic) bond motifs is 3. The van der Waals surface area contributed by atoms with Crippen LogP contribution in [-0.4, -0.2) is 40.9 Å². The van der Waals surface area contributed by atoms with E-state index in [1.54, 1.807) is 29.5 Å². The topological polar surface area (TPSA) is 102 Å². The van der Waals surface area contributed by atoms with E-state index in [0.717, 1.165) is 43.0 Å². The first-order valence-electron chi connectivity index (χ1n) is 11.4. The molecule has 0 spiro atoms. The van der Waals surface area contributed by atoms with Gasteiger partial charge in [-0.1, -0.05) is 37.2 Å². The monoisotopic (exact) mass is 534 g/mol. The van der Waals surface area contributed by atoms with E-state index in [4.69, 9.17) is 21.3 Å². The lowest BCUT2D eigenvalue weighted by Gasteiger charge is -2.18. The average Bonchev–Trinajstić information content (AvgIpc) is 3.19. The summed E-state index contributed by atoms with van der Waals surface area (Å²) in [6.07, 6.45) is 3.54. The Morgan fingerprint density at radius 1 is 1.37 bits per heavy atom. The number of imide groups is 1. The highest BCUT2D eigenvalue weighted by Gasteiger charge is 2.26. The third-order valence-corrected chi connectivity index (χ3v) is 8.12. The van der Waals surface area contributed by atoms with Crippen molar-refractivity contribution in [3.63, 3.8) is 0 Å². The van der Waals surface area contributed by atoms with E-state index < -0.39 is 11.9 Å². The van der Waals surface area contributed by atoms with Gasteiger partial charge in [-0.05, 0) is 55.4 Å². The summed E-state index contributed by atoms with van der Waals surface area (Å²) in [5.41, 5.74) is 1.30. The molecule has 1 aromatic carbocycles. The molecule has 11 heteroatoms. The Morgan fingerprint density at radius 2 is 2.17 bits per heavy atom. The van der Waals surface area contributed by atoms with Gasteiger partial charge in [0.2, 0.25) is 5.91 Å². The molecule has 1 atom stereocenters. The van der Waals surface area contributed by atoms with Gasteiger partial charge in [0.05, 0.1) is 23.9 Å². The zero-order valence-corrected chi connectivity index (χ0v) is 22.2. The quantitative estimate of drug-likeness (QED) is 0.340. The molecule has 1 aliphatic rings. The molecular formula is C24H27ClN4O4S2. The molecule has 8 nitrogen and oxygen atoms in total. The zero-order chi connectivity index (χ0) is 25.1. The van der Waals surface area contributed by atoms with E-state index in [9.17, 15) is 14.4 Å². The summed E-state index contributed by atoms with van der Waals surface area (Å²) in [5.74, 6) is 0.437. The Bertz CT molecular complexity index is 1340. The number of methoxy groups -OCH3 is 1. The maximum absolute atomic E-state index is 13.9. The molecule has 4 rings (SSSR count). The van der Waals surface area contributed by atoms with Gasteiger partial charge in [-0.3, -0.25) is 19.5 Å². The number of aryl methyl sites for hydroxylation is 1. The third kappa shape index (κ3) is 5.49. The molecule has 0 fully saturated rings. The van der Waals surface area contributed by atoms with Gasteiger partial charge in [-0.15, -0.1) is 11.3 Å². The number of rotatable bonds is 7. The van der Waals surface area contributed by atoms with Crippen molar-refractivity contribution in [2.24, 2.45) is 5.92 Å². The molecule has 0 saturated heterocycles. The number of nitrogens with zero attached hydrogens (tertiary/aromatic N) is 2. The van der Waals surface area contributed by atoms with Crippen molar-refractivity contribution >= 4 is 56.9 Å². The predicted molar refractivity (Wildman–Crippen MR) is 141 cm³/mol. The summed E-state index contributed by atoms with van der Waals surface area (Å²) in [7, 11) is 1.52. The van der Waals surface area contributed by atoms with Crippen LogP contribution in [0.15, 0.2) is 28.2 Å². The number of halogens is 1. The minimum atomic E-state index is -0.546. The number of carbonyl (C=O) groups excluding carboxylic acids is 2. The molecule has 0 saturated carbocycles. The van der Waals surface area contributed by atoms with Crippen molar-refractivity contribution in [3.05, 3.63) is 44.0 Å². The van der Waals surface area contributed by atoms with Gasteiger partial charge in [0.25, 0.3) is 5.56 Å². The predicted octanol–water partition coefficient (Wildman–Crippen LogP) is 4.56. The molecule has 0 unspecified atom stereocenters. The van der Waals surface area contributed by atoms with Crippen LogP contribution in [0.2, 0.25) is 5.02 Å². The van der Waals surface area contributed by atoms with Crippen LogP contribution in [0.1, 0.15) is 37.1 Å². The van der Waals surface area contributed by atoms with Gasteiger partial charge >= 0.3 is 6.03 Å². The number of carbonyl (C=O) groups is 2. The molecule has 0 aliphatic heterocycles. The Balaban J connectivity index is 1.78. The van der Waals surface area contributed by atoms with E-state index in [1.807, 2.05) is 6.92 Å². The van der Waals surface area contributed by atoms with Crippen molar-refractivity contribution in [2.45, 2.75) is 44.7 Å². The number of ether oxygens (including phenoxy) is 1. The molecule has 0 bridgehead atoms. The van der Waals surface area contributed by atoms with Crippen LogP contribution in [0.5, 0.6) is 5.75 Å². The normalized spacial score (nSPS) is 15.0. The van der Waals surface area contributed by atoms with E-state index in [1.165, 1.54) is 16.6 Å². The van der Waals surface area contributed by atoms with Gasteiger partial charge in [0.1, 0.15) is 10.6 Å². The second-order valence-electron chi connectivity index (χ2n) is 8.48. The standard InChI is InChI=1S/C24H27ClN4O4S2/c1-4-9-26-23(32)27-19(30)12-34-24-28-21-20(15-7-5-13(2)10-18(15)35-21)22(31)29(24)16-11-14(25)6-8-17(16)33-3/h6,8,11,13H,4-5,7,9-10,12H2,1-3H3,(H2,26,27,30,32)/t13-/m1/s1. The smallest absolute Gasteiger partial charge is 0.321 e. The maximum Gasteiger partial charge on any atom is 0.321 e. The van der Waals surface area contributed by atoms with Crippen molar-refractivity contribution in [3.8, 4) is 11.4 Å². The summed E-state index contributed by atoms with van der Waals surface area (Å²) in [6, 6.07) is 4.48. The lowest BCUT2D eigenvalue weighted by atomic mass is 9.89. The molecule has 2 aromatic heterocycles. The number of hydrogen-bond acceptors (Lipinski definition) is 7. The number of hydrogen-bond donors (Lipinski definition) is 2. The van der Waals surface area contributed by atoms with Crippen molar-refractivity contribution in [1.29, 1.82) is 0 Å². The van der Waals surface area contributed by atoms with Crippen LogP contribution < -0.4 is 20.9 Å². The highest BCUT2D eigenvalue weighted by molar-refractivity contribution is 7.99. The summed E-state index contributed by atoms with van der Waals surface area (Å²) in [5, 5.41) is 6.30. The van der Waals surface area contributed by atoms with E-state index in [-0.39, 0.29) is 11.3 Å². The number of thioether (sulfide) groups is 1. The molecule has 3 amide bonds. The molecule has 3 aromatic rings. The minimum Gasteiger partial charge on any atom is -0.495 e. The van der Waals surface area contributed by atoms with Crippen LogP contribution in [0.25, 0.3) is 15.9 Å². The second kappa shape index (κ2) is 11.0. The third-order valence-electron chi connectivity index (χ3n) is 5.80. The van der Waals surface area contributed by atoms with E-state index in [0.29, 0.717) is 44.3 Å². The highest BCUT2D eigenvalue weighted by Crippen LogP contribution is 2.38. The lowest BCUT2D eigenvalue weighted by Crippen LogP contribution is -2.40. The van der Waals surface area contributed by atoms with E-state index >= 15 is 0 Å². The molecule has 2 heterocycles. The van der Waals surface area contributed by atoms with Gasteiger partial charge in [-0.2, -0.15) is 0 Å². The first-order chi connectivity index (χ1) is 16.8. The number of urea groups is 1. The number of nitrogens with one attached hydrogen (secondary N) is 2. The summed E-state index contributed by atoms with van der Waals surface area (Å²) in [4.78, 5) is 44.9. The SMILES string of the molecule is CCCNC(=O)NC(=O)CSc1nc2sc3c(c2c(=O)n1-c1cc(Cl)ccc1OC)CC[C@@H](C)C3. The number of aromatic nitrogens is 2. The fraction of sp³-hybridized carbons (Fsp3) is 0.417. The van der Waals surface area contributed by atoms with Crippen LogP contribution in [-0.2, 0) is 17.6 Å². The van der Waals surface area contributed by atoms with Crippen LogP contribution in [0.4, 0.5) is 4.79 Å². The molecule has 0 radical (unpaired) electrons. The number of thiophene rings is 1. The van der Waals surface area contributed by atoms with Crippen molar-refractivity contribution in [1.82, 2.24) is 20.2 Å². The first kappa shape index (κ1) is 25.5. The molecular weight excluding hydrogens is 508 g/mol. The average molecular weight is 535 g/mol. The van der Waals surface area contributed by atoms with E-state index in [2.05, 4.69) is 17.6 Å². The van der Waals surface area contributed by atoms with Gasteiger partial charge in [-0.25, -0.2) is 9.78 Å². The fourth-order valence-electron chi connectivity index (χ4n) is 4.09. The Hall–Kier alpha value is -2.56. The van der Waals surface area contributed by atoms with Crippen molar-refractivity contribution in [2.75, 3.05) is 19.4 Å². The summed E-state index contributed by atoms with van der Waals surface area (Å²) in [6.45, 7) is 4.61. The molecule has 2 N–H and O–H groups in total. The fourth-order valence-corrected chi connectivity index (χ4v) is 6.49. The largest absolute Gasteiger partial charge is 0.495 e. The maximum atomic E-state index is 13.9. The van der Waals surface area contributed by atoms with Gasteiger partial charge < -0.3 is 10.1 Å². The number of amides is 3. The summed E-state index contributed by atoms with van der Waals surface area (Å²) >= 11 is 8.91. The highest BCUT2D eigenvalue weighted by atomic mass is 35.5. The molecule has 186 valence electrons. The second-order valence-corrected chi connectivity index (χ2v) is 10.9. The lowest BCUT2D eigenvalue weighted by molar-refractivity contribution is -0.117. The Labute approximate surface area is 216 Å². The van der Waals surface area contributed by atoms with Gasteiger partial charge in [0.15, 0.2) is 5.16 Å². The number of benzene rings is 1. The van der Waals surface area contributed by atoms with Crippen LogP contribution in [0, 0.1) is 5.92 Å². The Morgan fingerprint density at radius 3 is 2.91 bits per heavy atom. The van der Waals surface area contributed by atoms with Gasteiger partial charge in [0, 0.05) is 16.4 Å². The van der Waals surface area contributed by atoms with Crippen molar-refractivity contribution < 1.29 is 14.3 Å². The van der Waals surface area contributed by atoms with Crippen LogP contribution in [0.3, 0.4) is 0 Å². The minimum absolute atomic E-state index is 0.0947. The molecule has 35 heavy (non-hydrogen) atoms. The summed E-state index contributed by atoms with van der Waals surface area (Å²) < 4.78 is 6.98. The Kier molecular flexibility index (Phi) is 8.03. The molecule has 1 aliphatic carbocycles. The first-order valence-corrected chi connectivity index (χ1v) is 13.6. The van der Waals surface area contributed by atoms with Crippen LogP contribution >= 0.6 is 34.7 Å². The zero-order valence-electron chi connectivity index (χ0n) is 19.8.